The molecule has 3 aromatic rings. The van der Waals surface area contributed by atoms with Gasteiger partial charge in [0.15, 0.2) is 12.1 Å². The van der Waals surface area contributed by atoms with Crippen molar-refractivity contribution >= 4 is 29.2 Å². The number of aryl methyl sites for hydroxylation is 1. The van der Waals surface area contributed by atoms with Gasteiger partial charge in [-0.3, -0.25) is 19.9 Å². The summed E-state index contributed by atoms with van der Waals surface area (Å²) in [5.41, 5.74) is 0.402. The second-order valence-corrected chi connectivity index (χ2v) is 9.51. The number of hydrogen-bond donors (Lipinski definition) is 3. The maximum absolute atomic E-state index is 13.4. The van der Waals surface area contributed by atoms with Crippen LogP contribution in [0.5, 0.6) is 0 Å². The predicted molar refractivity (Wildman–Crippen MR) is 143 cm³/mol. The summed E-state index contributed by atoms with van der Waals surface area (Å²) in [6.07, 6.45) is -2.71. The lowest BCUT2D eigenvalue weighted by atomic mass is 10.00. The lowest BCUT2D eigenvalue weighted by molar-refractivity contribution is -0.169. The Balaban J connectivity index is 1.46. The van der Waals surface area contributed by atoms with Crippen molar-refractivity contribution in [2.75, 3.05) is 17.2 Å². The molecule has 0 bridgehead atoms. The summed E-state index contributed by atoms with van der Waals surface area (Å²) in [7, 11) is 0. The monoisotopic (exact) mass is 571 g/mol. The molecule has 3 N–H and O–H groups in total. The standard InChI is InChI=1S/C29H28F3N3O6/c1-17-11-23(35-28(38)39)24(14-22(17)29(30,31)32)34-26(37)15-25(36)20-6-4-5-18(12-20)19-8-9-33-21(13-19)16-41-27-7-2-3-10-40-27/h4-6,8-9,11-14,27,35H,2-3,7,10,15-16H2,1H3,(H,34,37)(H,38,39). The van der Waals surface area contributed by atoms with Gasteiger partial charge >= 0.3 is 12.3 Å². The Bertz CT molecular complexity index is 1440. The fourth-order valence-electron chi connectivity index (χ4n) is 4.41. The van der Waals surface area contributed by atoms with Gasteiger partial charge in [0.05, 0.1) is 35.7 Å². The van der Waals surface area contributed by atoms with Gasteiger partial charge in [-0.2, -0.15) is 13.2 Å². The van der Waals surface area contributed by atoms with Crippen LogP contribution in [0, 0.1) is 6.92 Å². The van der Waals surface area contributed by atoms with E-state index in [1.807, 2.05) is 11.4 Å². The van der Waals surface area contributed by atoms with Crippen molar-refractivity contribution in [2.45, 2.75) is 51.7 Å². The van der Waals surface area contributed by atoms with Crippen molar-refractivity contribution in [2.24, 2.45) is 0 Å². The van der Waals surface area contributed by atoms with Gasteiger partial charge in [-0.25, -0.2) is 4.79 Å². The Kier molecular flexibility index (Phi) is 9.35. The summed E-state index contributed by atoms with van der Waals surface area (Å²) >= 11 is 0. The van der Waals surface area contributed by atoms with Crippen molar-refractivity contribution in [3.63, 3.8) is 0 Å². The van der Waals surface area contributed by atoms with Crippen molar-refractivity contribution in [3.05, 3.63) is 77.1 Å². The molecule has 0 saturated carbocycles. The van der Waals surface area contributed by atoms with E-state index in [0.717, 1.165) is 30.9 Å². The minimum absolute atomic E-state index is 0.214. The van der Waals surface area contributed by atoms with E-state index in [1.54, 1.807) is 30.5 Å². The largest absolute Gasteiger partial charge is 0.465 e. The third-order valence-electron chi connectivity index (χ3n) is 6.40. The highest BCUT2D eigenvalue weighted by Crippen LogP contribution is 2.37. The zero-order valence-corrected chi connectivity index (χ0v) is 22.1. The maximum Gasteiger partial charge on any atom is 0.416 e. The summed E-state index contributed by atoms with van der Waals surface area (Å²) in [4.78, 5) is 41.0. The van der Waals surface area contributed by atoms with E-state index >= 15 is 0 Å². The van der Waals surface area contributed by atoms with Crippen LogP contribution < -0.4 is 10.6 Å². The quantitative estimate of drug-likeness (QED) is 0.200. The molecule has 1 aliphatic heterocycles. The number of nitrogens with zero attached hydrogens (tertiary/aromatic N) is 1. The number of amides is 2. The number of Topliss-reactive ketones (excluding diaryl/α,β-unsaturated/α-hetero) is 1. The van der Waals surface area contributed by atoms with Gasteiger partial charge in [-0.1, -0.05) is 18.2 Å². The van der Waals surface area contributed by atoms with Crippen LogP contribution in [0.4, 0.5) is 29.3 Å². The average molecular weight is 572 g/mol. The number of anilines is 2. The van der Waals surface area contributed by atoms with E-state index in [2.05, 4.69) is 10.3 Å². The molecule has 1 aromatic heterocycles. The van der Waals surface area contributed by atoms with Crippen molar-refractivity contribution < 1.29 is 42.1 Å². The summed E-state index contributed by atoms with van der Waals surface area (Å²) in [5.74, 6) is -1.48. The number of carbonyl (C=O) groups excluding carboxylic acids is 2. The van der Waals surface area contributed by atoms with Gasteiger partial charge in [-0.05, 0) is 73.2 Å². The fraction of sp³-hybridized carbons (Fsp3) is 0.310. The molecule has 1 unspecified atom stereocenters. The fourth-order valence-corrected chi connectivity index (χ4v) is 4.41. The van der Waals surface area contributed by atoms with Crippen LogP contribution in [0.15, 0.2) is 54.7 Å². The third kappa shape index (κ3) is 8.12. The van der Waals surface area contributed by atoms with Crippen LogP contribution in [0.3, 0.4) is 0 Å². The maximum atomic E-state index is 13.4. The smallest absolute Gasteiger partial charge is 0.416 e. The van der Waals surface area contributed by atoms with Gasteiger partial charge in [-0.15, -0.1) is 0 Å². The topological polar surface area (TPSA) is 127 Å². The van der Waals surface area contributed by atoms with Crippen LogP contribution >= 0.6 is 0 Å². The number of ether oxygens (including phenoxy) is 2. The first kappa shape index (κ1) is 29.7. The number of alkyl halides is 3. The molecule has 216 valence electrons. The molecule has 1 fully saturated rings. The molecule has 0 aliphatic carbocycles. The second kappa shape index (κ2) is 12.9. The zero-order valence-electron chi connectivity index (χ0n) is 22.1. The van der Waals surface area contributed by atoms with Crippen LogP contribution in [0.25, 0.3) is 11.1 Å². The lowest BCUT2D eigenvalue weighted by Gasteiger charge is -2.22. The number of carboxylic acid groups (broad SMARTS) is 1. The molecule has 0 radical (unpaired) electrons. The Morgan fingerprint density at radius 3 is 2.51 bits per heavy atom. The second-order valence-electron chi connectivity index (χ2n) is 9.51. The van der Waals surface area contributed by atoms with E-state index in [4.69, 9.17) is 14.6 Å². The zero-order chi connectivity index (χ0) is 29.6. The van der Waals surface area contributed by atoms with E-state index in [0.29, 0.717) is 23.9 Å². The Hall–Kier alpha value is -4.29. The predicted octanol–water partition coefficient (Wildman–Crippen LogP) is 6.42. The molecule has 9 nitrogen and oxygen atoms in total. The first-order chi connectivity index (χ1) is 19.5. The molecule has 2 amide bonds. The van der Waals surface area contributed by atoms with Gasteiger partial charge < -0.3 is 19.9 Å². The average Bonchev–Trinajstić information content (AvgIpc) is 2.93. The first-order valence-corrected chi connectivity index (χ1v) is 12.8. The highest BCUT2D eigenvalue weighted by molar-refractivity contribution is 6.12. The first-order valence-electron chi connectivity index (χ1n) is 12.8. The molecule has 1 atom stereocenters. The van der Waals surface area contributed by atoms with Crippen LogP contribution in [-0.4, -0.2) is 40.8 Å². The minimum atomic E-state index is -4.73. The highest BCUT2D eigenvalue weighted by atomic mass is 19.4. The summed E-state index contributed by atoms with van der Waals surface area (Å²) in [5, 5.41) is 13.3. The van der Waals surface area contributed by atoms with Gasteiger partial charge in [0, 0.05) is 18.4 Å². The minimum Gasteiger partial charge on any atom is -0.465 e. The van der Waals surface area contributed by atoms with E-state index < -0.39 is 41.6 Å². The molecule has 0 spiro atoms. The molecule has 2 aromatic carbocycles. The molecule has 41 heavy (non-hydrogen) atoms. The van der Waals surface area contributed by atoms with Gasteiger partial charge in [0.25, 0.3) is 0 Å². The number of hydrogen-bond acceptors (Lipinski definition) is 6. The van der Waals surface area contributed by atoms with Crippen molar-refractivity contribution in [3.8, 4) is 11.1 Å². The van der Waals surface area contributed by atoms with Crippen LogP contribution in [-0.2, 0) is 27.1 Å². The number of rotatable bonds is 9. The number of nitrogens with one attached hydrogen (secondary N) is 2. The van der Waals surface area contributed by atoms with Gasteiger partial charge in [0.2, 0.25) is 5.91 Å². The van der Waals surface area contributed by atoms with E-state index in [9.17, 15) is 27.6 Å². The molecule has 1 aliphatic rings. The summed E-state index contributed by atoms with van der Waals surface area (Å²) in [6, 6.07) is 11.8. The number of halogens is 3. The Morgan fingerprint density at radius 2 is 1.80 bits per heavy atom. The number of benzene rings is 2. The van der Waals surface area contributed by atoms with Crippen molar-refractivity contribution in [1.29, 1.82) is 0 Å². The SMILES string of the molecule is Cc1cc(NC(=O)O)c(NC(=O)CC(=O)c2cccc(-c3ccnc(COC4CCCCO4)c3)c2)cc1C(F)(F)F. The molecule has 2 heterocycles. The molecule has 12 heteroatoms. The number of ketones is 1. The molecular formula is C29H28F3N3O6. The van der Waals surface area contributed by atoms with E-state index in [1.165, 1.54) is 13.0 Å². The Labute approximate surface area is 233 Å². The summed E-state index contributed by atoms with van der Waals surface area (Å²) in [6.45, 7) is 2.09. The highest BCUT2D eigenvalue weighted by Gasteiger charge is 2.33. The summed E-state index contributed by atoms with van der Waals surface area (Å²) < 4.78 is 51.6. The molecular weight excluding hydrogens is 543 g/mol. The number of pyridine rings is 1. The number of carbonyl (C=O) groups is 3. The molecule has 1 saturated heterocycles. The number of aromatic nitrogens is 1. The lowest BCUT2D eigenvalue weighted by Crippen LogP contribution is -2.22. The Morgan fingerprint density at radius 1 is 1.05 bits per heavy atom. The van der Waals surface area contributed by atoms with Crippen LogP contribution in [0.2, 0.25) is 0 Å². The van der Waals surface area contributed by atoms with Crippen molar-refractivity contribution in [1.82, 2.24) is 4.98 Å². The van der Waals surface area contributed by atoms with Crippen LogP contribution in [0.1, 0.15) is 52.9 Å². The van der Waals surface area contributed by atoms with E-state index in [-0.39, 0.29) is 29.7 Å². The molecule has 4 rings (SSSR count). The van der Waals surface area contributed by atoms with Gasteiger partial charge in [0.1, 0.15) is 0 Å². The third-order valence-corrected chi connectivity index (χ3v) is 6.40. The normalized spacial score (nSPS) is 15.3.